The molecule has 4 N–H and O–H groups in total. The van der Waals surface area contributed by atoms with Gasteiger partial charge in [-0.3, -0.25) is 4.79 Å². The summed E-state index contributed by atoms with van der Waals surface area (Å²) < 4.78 is 17.6. The topological polar surface area (TPSA) is 143 Å². The van der Waals surface area contributed by atoms with Crippen LogP contribution in [0.25, 0.3) is 0 Å². The number of aliphatic hydroxyl groups is 4. The largest absolute Gasteiger partial charge is 0.456 e. The summed E-state index contributed by atoms with van der Waals surface area (Å²) in [6, 6.07) is 9.13. The number of ether oxygens (including phenoxy) is 3. The molecule has 1 aromatic rings. The van der Waals surface area contributed by atoms with Gasteiger partial charge in [0.2, 0.25) is 0 Å². The van der Waals surface area contributed by atoms with Crippen LogP contribution in [0.15, 0.2) is 41.5 Å². The van der Waals surface area contributed by atoms with Crippen molar-refractivity contribution in [2.24, 2.45) is 22.2 Å². The Hall–Kier alpha value is 0.743. The molecule has 0 aromatic heterocycles. The van der Waals surface area contributed by atoms with E-state index < -0.39 is 81.6 Å². The van der Waals surface area contributed by atoms with Gasteiger partial charge in [-0.1, -0.05) is 65.0 Å². The molecule has 238 valence electrons. The molecular formula is C33H46Ac2O9. The van der Waals surface area contributed by atoms with Crippen molar-refractivity contribution >= 4 is 11.8 Å². The SMILES string of the molecule is COC1CC2OC[C@@]2(O)C2(C)[C@H](C)C3(O)CC(OC(=O)C(O)[C@@H](C)c4ccccc4)C(C)=C(C(O)C(=O)[C@]12C)C3(C)C.[Ac].[Ac]. The van der Waals surface area contributed by atoms with Crippen molar-refractivity contribution in [3.05, 3.63) is 47.0 Å². The van der Waals surface area contributed by atoms with E-state index >= 15 is 0 Å². The molecule has 1 aliphatic heterocycles. The molecule has 44 heavy (non-hydrogen) atoms. The minimum atomic E-state index is -1.66. The number of carbonyl (C=O) groups excluding carboxylic acids is 2. The smallest absolute Gasteiger partial charge is 0.336 e. The summed E-state index contributed by atoms with van der Waals surface area (Å²) in [5.74, 6) is -2.68. The number of benzene rings is 1. The summed E-state index contributed by atoms with van der Waals surface area (Å²) in [6.45, 7) is 12.3. The molecule has 1 aromatic carbocycles. The first-order valence-electron chi connectivity index (χ1n) is 14.9. The van der Waals surface area contributed by atoms with E-state index in [0.29, 0.717) is 5.57 Å². The molecule has 2 saturated carbocycles. The fourth-order valence-corrected chi connectivity index (χ4v) is 9.13. The fraction of sp³-hybridized carbons (Fsp3) is 0.697. The zero-order valence-electron chi connectivity index (χ0n) is 27.0. The van der Waals surface area contributed by atoms with Gasteiger partial charge in [0, 0.05) is 125 Å². The fourth-order valence-electron chi connectivity index (χ4n) is 9.13. The van der Waals surface area contributed by atoms with Crippen molar-refractivity contribution in [2.45, 2.75) is 109 Å². The average molecular weight is 1040 g/mol. The normalized spacial score (nSPS) is 42.1. The summed E-state index contributed by atoms with van der Waals surface area (Å²) in [6.07, 6.45) is -5.24. The third-order valence-electron chi connectivity index (χ3n) is 12.4. The molecular weight excluding hydrogens is 994 g/mol. The monoisotopic (exact) mass is 1040 g/mol. The van der Waals surface area contributed by atoms with Crippen molar-refractivity contribution < 1.29 is 132 Å². The van der Waals surface area contributed by atoms with Crippen LogP contribution in [0.4, 0.5) is 0 Å². The van der Waals surface area contributed by atoms with E-state index in [-0.39, 0.29) is 113 Å². The minimum absolute atomic E-state index is 0. The van der Waals surface area contributed by atoms with Crippen LogP contribution in [0.1, 0.15) is 72.8 Å². The first-order valence-corrected chi connectivity index (χ1v) is 14.9. The van der Waals surface area contributed by atoms with E-state index in [0.717, 1.165) is 5.56 Å². The maximum absolute atomic E-state index is 14.6. The summed E-state index contributed by atoms with van der Waals surface area (Å²) in [5.41, 5.74) is -5.46. The van der Waals surface area contributed by atoms with E-state index in [2.05, 4.69) is 0 Å². The number of Topliss-reactive ketones (excluding diaryl/α,β-unsaturated/α-hetero) is 1. The second-order valence-corrected chi connectivity index (χ2v) is 14.0. The molecule has 7 unspecified atom stereocenters. The zero-order valence-corrected chi connectivity index (χ0v) is 36.5. The van der Waals surface area contributed by atoms with Crippen LogP contribution >= 0.6 is 0 Å². The molecule has 11 heteroatoms. The molecule has 11 atom stereocenters. The predicted octanol–water partition coefficient (Wildman–Crippen LogP) is 2.68. The minimum Gasteiger partial charge on any atom is -0.456 e. The first-order chi connectivity index (χ1) is 19.4. The van der Waals surface area contributed by atoms with E-state index in [1.54, 1.807) is 41.5 Å². The number of methoxy groups -OCH3 is 1. The zero-order chi connectivity index (χ0) is 31.2. The van der Waals surface area contributed by atoms with Crippen molar-refractivity contribution in [3.63, 3.8) is 0 Å². The third kappa shape index (κ3) is 5.11. The number of aliphatic hydroxyl groups excluding tert-OH is 2. The quantitative estimate of drug-likeness (QED) is 0.259. The van der Waals surface area contributed by atoms with Gasteiger partial charge in [-0.15, -0.1) is 0 Å². The van der Waals surface area contributed by atoms with Crippen LogP contribution in [0.3, 0.4) is 0 Å². The average Bonchev–Trinajstić information content (AvgIpc) is 2.96. The molecule has 5 rings (SSSR count). The third-order valence-corrected chi connectivity index (χ3v) is 12.4. The summed E-state index contributed by atoms with van der Waals surface area (Å²) in [5, 5.41) is 47.9. The Kier molecular flexibility index (Phi) is 11.8. The van der Waals surface area contributed by atoms with E-state index in [9.17, 15) is 30.0 Å². The number of esters is 1. The van der Waals surface area contributed by atoms with Crippen molar-refractivity contribution in [2.75, 3.05) is 13.7 Å². The number of rotatable bonds is 5. The van der Waals surface area contributed by atoms with Crippen LogP contribution in [-0.2, 0) is 23.8 Å². The van der Waals surface area contributed by atoms with E-state index in [1.807, 2.05) is 37.3 Å². The molecule has 4 aliphatic rings. The molecule has 9 nitrogen and oxygen atoms in total. The van der Waals surface area contributed by atoms with Crippen molar-refractivity contribution in [1.82, 2.24) is 0 Å². The van der Waals surface area contributed by atoms with Crippen LogP contribution < -0.4 is 0 Å². The Balaban J connectivity index is 0.00000264. The number of fused-ring (bicyclic) bond motifs is 5. The maximum Gasteiger partial charge on any atom is 0.336 e. The number of hydrogen-bond acceptors (Lipinski definition) is 9. The van der Waals surface area contributed by atoms with Crippen LogP contribution in [-0.4, -0.2) is 87.6 Å². The predicted molar refractivity (Wildman–Crippen MR) is 153 cm³/mol. The van der Waals surface area contributed by atoms with Gasteiger partial charge in [0.25, 0.3) is 0 Å². The number of carbonyl (C=O) groups is 2. The molecule has 0 amide bonds. The Morgan fingerprint density at radius 1 is 1.07 bits per heavy atom. The van der Waals surface area contributed by atoms with Gasteiger partial charge in [-0.25, -0.2) is 4.79 Å². The van der Waals surface area contributed by atoms with Gasteiger partial charge < -0.3 is 34.6 Å². The van der Waals surface area contributed by atoms with Gasteiger partial charge >= 0.3 is 5.97 Å². The molecule has 2 radical (unpaired) electrons. The van der Waals surface area contributed by atoms with Crippen LogP contribution in [0.2, 0.25) is 0 Å². The summed E-state index contributed by atoms with van der Waals surface area (Å²) >= 11 is 0. The van der Waals surface area contributed by atoms with Crippen molar-refractivity contribution in [3.8, 4) is 0 Å². The Morgan fingerprint density at radius 2 is 1.66 bits per heavy atom. The standard InChI is InChI=1S/C33H46O9.2Ac/c1-17(20-12-10-9-11-13-20)25(34)28(37)42-21-15-32(38)19(3)31(7)30(6,22(40-8)14-23-33(31,39)16-41-23)27(36)26(35)24(18(21)2)29(32,4)5;;/h9-13,17,19,21-23,25-26,34-35,38-39H,14-16H2,1-8H3;;/t17-,19-,21?,22?,23?,25?,26?,30-,31?,32?,33-;;/m0../s1. The number of hydrogen-bond donors (Lipinski definition) is 4. The Labute approximate surface area is 332 Å². The second-order valence-electron chi connectivity index (χ2n) is 14.0. The maximum atomic E-state index is 14.6. The number of ketones is 1. The molecule has 2 bridgehead atoms. The Morgan fingerprint density at radius 3 is 2.18 bits per heavy atom. The van der Waals surface area contributed by atoms with Gasteiger partial charge in [-0.2, -0.15) is 0 Å². The molecule has 1 saturated heterocycles. The van der Waals surface area contributed by atoms with Gasteiger partial charge in [0.05, 0.1) is 29.8 Å². The summed E-state index contributed by atoms with van der Waals surface area (Å²) in [4.78, 5) is 27.9. The van der Waals surface area contributed by atoms with Gasteiger partial charge in [0.15, 0.2) is 11.9 Å². The van der Waals surface area contributed by atoms with Crippen LogP contribution in [0.5, 0.6) is 0 Å². The molecule has 3 aliphatic carbocycles. The molecule has 0 spiro atoms. The van der Waals surface area contributed by atoms with Crippen molar-refractivity contribution in [1.29, 1.82) is 0 Å². The van der Waals surface area contributed by atoms with E-state index in [1.165, 1.54) is 7.11 Å². The molecule has 1 heterocycles. The Bertz CT molecular complexity index is 1300. The molecule has 3 fully saturated rings. The van der Waals surface area contributed by atoms with E-state index in [4.69, 9.17) is 14.2 Å². The van der Waals surface area contributed by atoms with Gasteiger partial charge in [0.1, 0.15) is 17.8 Å². The second kappa shape index (κ2) is 13.2. The van der Waals surface area contributed by atoms with Crippen LogP contribution in [0, 0.1) is 110 Å². The van der Waals surface area contributed by atoms with Gasteiger partial charge in [-0.05, 0) is 36.5 Å². The first kappa shape index (κ1) is 39.2. The summed E-state index contributed by atoms with van der Waals surface area (Å²) in [7, 11) is 1.50.